The van der Waals surface area contributed by atoms with E-state index in [4.69, 9.17) is 11.6 Å². The molecule has 1 saturated heterocycles. The first-order chi connectivity index (χ1) is 8.54. The third-order valence-electron chi connectivity index (χ3n) is 3.47. The predicted octanol–water partition coefficient (Wildman–Crippen LogP) is 4.35. The van der Waals surface area contributed by atoms with Crippen molar-refractivity contribution >= 4 is 49.4 Å². The van der Waals surface area contributed by atoms with Crippen molar-refractivity contribution in [2.45, 2.75) is 19.4 Å². The molecule has 98 valence electrons. The second kappa shape index (κ2) is 5.93. The van der Waals surface area contributed by atoms with E-state index in [0.717, 1.165) is 22.8 Å². The maximum Gasteiger partial charge on any atom is 0.254 e. The van der Waals surface area contributed by atoms with Gasteiger partial charge in [0.1, 0.15) is 0 Å². The van der Waals surface area contributed by atoms with Gasteiger partial charge >= 0.3 is 0 Å². The van der Waals surface area contributed by atoms with Crippen LogP contribution in [0, 0.1) is 5.92 Å². The fourth-order valence-corrected chi connectivity index (χ4v) is 3.71. The van der Waals surface area contributed by atoms with Crippen molar-refractivity contribution < 1.29 is 4.79 Å². The van der Waals surface area contributed by atoms with Gasteiger partial charge in [-0.05, 0) is 46.5 Å². The minimum atomic E-state index is 0.0678. The van der Waals surface area contributed by atoms with Gasteiger partial charge in [0.2, 0.25) is 0 Å². The topological polar surface area (TPSA) is 20.3 Å². The summed E-state index contributed by atoms with van der Waals surface area (Å²) in [6.07, 6.45) is 1.06. The molecule has 0 spiro atoms. The lowest BCUT2D eigenvalue weighted by molar-refractivity contribution is 0.0738. The van der Waals surface area contributed by atoms with Gasteiger partial charge in [-0.1, -0.05) is 34.5 Å². The number of hydrogen-bond donors (Lipinski definition) is 0. The molecule has 0 bridgehead atoms. The zero-order valence-electron chi connectivity index (χ0n) is 10.00. The molecule has 18 heavy (non-hydrogen) atoms. The number of carbonyl (C=O) groups is 1. The molecule has 0 saturated carbocycles. The minimum Gasteiger partial charge on any atom is -0.335 e. The summed E-state index contributed by atoms with van der Waals surface area (Å²) in [4.78, 5) is 14.4. The first kappa shape index (κ1) is 14.4. The highest BCUT2D eigenvalue weighted by Crippen LogP contribution is 2.29. The number of nitrogens with zero attached hydrogens (tertiary/aromatic N) is 1. The van der Waals surface area contributed by atoms with Crippen LogP contribution in [0.25, 0.3) is 0 Å². The van der Waals surface area contributed by atoms with Crippen LogP contribution in [0.5, 0.6) is 0 Å². The lowest BCUT2D eigenvalue weighted by atomic mass is 10.0. The van der Waals surface area contributed by atoms with Crippen LogP contribution in [0.1, 0.15) is 23.7 Å². The molecular weight excluding hydrogens is 381 g/mol. The van der Waals surface area contributed by atoms with Crippen LogP contribution in [-0.4, -0.2) is 28.7 Å². The summed E-state index contributed by atoms with van der Waals surface area (Å²) in [5, 5.41) is 1.40. The summed E-state index contributed by atoms with van der Waals surface area (Å²) in [5.41, 5.74) is 0.656. The lowest BCUT2D eigenvalue weighted by Crippen LogP contribution is -2.38. The van der Waals surface area contributed by atoms with Gasteiger partial charge in [0, 0.05) is 28.0 Å². The van der Waals surface area contributed by atoms with E-state index in [1.165, 1.54) is 0 Å². The molecule has 5 heteroatoms. The Labute approximate surface area is 129 Å². The third kappa shape index (κ3) is 2.75. The van der Waals surface area contributed by atoms with E-state index in [1.807, 2.05) is 17.0 Å². The van der Waals surface area contributed by atoms with E-state index in [9.17, 15) is 4.79 Å². The van der Waals surface area contributed by atoms with Crippen LogP contribution in [-0.2, 0) is 0 Å². The molecule has 2 atom stereocenters. The summed E-state index contributed by atoms with van der Waals surface area (Å²) >= 11 is 12.9. The van der Waals surface area contributed by atoms with Crippen molar-refractivity contribution in [2.24, 2.45) is 5.92 Å². The molecule has 0 radical (unpaired) electrons. The summed E-state index contributed by atoms with van der Waals surface area (Å²) < 4.78 is 0.813. The highest BCUT2D eigenvalue weighted by Gasteiger charge is 2.33. The van der Waals surface area contributed by atoms with Gasteiger partial charge < -0.3 is 4.90 Å². The molecule has 0 N–H and O–H groups in total. The molecule has 2 nitrogen and oxygen atoms in total. The largest absolute Gasteiger partial charge is 0.335 e. The van der Waals surface area contributed by atoms with Gasteiger partial charge in [-0.15, -0.1) is 0 Å². The Morgan fingerprint density at radius 3 is 2.89 bits per heavy atom. The van der Waals surface area contributed by atoms with E-state index in [1.54, 1.807) is 6.07 Å². The molecule has 1 aromatic carbocycles. The fraction of sp³-hybridized carbons (Fsp3) is 0.462. The molecule has 1 aromatic rings. The first-order valence-corrected chi connectivity index (χ1v) is 8.16. The van der Waals surface area contributed by atoms with Gasteiger partial charge in [-0.25, -0.2) is 0 Å². The van der Waals surface area contributed by atoms with Gasteiger partial charge in [0.15, 0.2) is 0 Å². The van der Waals surface area contributed by atoms with Crippen LogP contribution in [0.3, 0.4) is 0 Å². The average Bonchev–Trinajstić information content (AvgIpc) is 2.73. The van der Waals surface area contributed by atoms with Crippen molar-refractivity contribution in [3.05, 3.63) is 33.3 Å². The Morgan fingerprint density at radius 1 is 1.56 bits per heavy atom. The molecule has 1 aliphatic heterocycles. The number of alkyl halides is 1. The number of halogens is 3. The summed E-state index contributed by atoms with van der Waals surface area (Å²) in [6, 6.07) is 5.63. The Hall–Kier alpha value is -0.0600. The fourth-order valence-electron chi connectivity index (χ4n) is 2.29. The molecule has 1 aliphatic rings. The minimum absolute atomic E-state index is 0.0678. The normalized spacial score (nSPS) is 23.4. The average molecular weight is 396 g/mol. The summed E-state index contributed by atoms with van der Waals surface area (Å²) in [7, 11) is 0. The van der Waals surface area contributed by atoms with Crippen LogP contribution in [0.2, 0.25) is 5.02 Å². The molecule has 1 fully saturated rings. The maximum atomic E-state index is 12.5. The molecular formula is C13H14Br2ClNO. The highest BCUT2D eigenvalue weighted by atomic mass is 79.9. The Balaban J connectivity index is 2.23. The van der Waals surface area contributed by atoms with Gasteiger partial charge in [-0.3, -0.25) is 4.79 Å². The molecule has 1 amide bonds. The highest BCUT2D eigenvalue weighted by molar-refractivity contribution is 9.10. The smallest absolute Gasteiger partial charge is 0.254 e. The molecule has 2 unspecified atom stereocenters. The van der Waals surface area contributed by atoms with Gasteiger partial charge in [-0.2, -0.15) is 0 Å². The maximum absolute atomic E-state index is 12.5. The van der Waals surface area contributed by atoms with Crippen molar-refractivity contribution in [3.63, 3.8) is 0 Å². The second-order valence-electron chi connectivity index (χ2n) is 4.62. The quantitative estimate of drug-likeness (QED) is 0.682. The predicted molar refractivity (Wildman–Crippen MR) is 81.6 cm³/mol. The van der Waals surface area contributed by atoms with Crippen LogP contribution in [0.15, 0.2) is 22.7 Å². The van der Waals surface area contributed by atoms with E-state index in [2.05, 4.69) is 38.8 Å². The zero-order valence-corrected chi connectivity index (χ0v) is 13.9. The summed E-state index contributed by atoms with van der Waals surface area (Å²) in [6.45, 7) is 3.01. The number of likely N-dealkylation sites (tertiary alicyclic amines) is 1. The van der Waals surface area contributed by atoms with Gasteiger partial charge in [0.25, 0.3) is 5.91 Å². The third-order valence-corrected chi connectivity index (χ3v) is 5.36. The van der Waals surface area contributed by atoms with E-state index in [-0.39, 0.29) is 11.9 Å². The molecule has 0 aromatic heterocycles. The van der Waals surface area contributed by atoms with Crippen molar-refractivity contribution in [1.82, 2.24) is 4.90 Å². The van der Waals surface area contributed by atoms with Crippen LogP contribution >= 0.6 is 43.5 Å². The van der Waals surface area contributed by atoms with E-state index in [0.29, 0.717) is 16.5 Å². The number of benzene rings is 1. The first-order valence-electron chi connectivity index (χ1n) is 5.86. The number of rotatable bonds is 2. The second-order valence-corrected chi connectivity index (χ2v) is 6.52. The van der Waals surface area contributed by atoms with Gasteiger partial charge in [0.05, 0.1) is 5.02 Å². The van der Waals surface area contributed by atoms with Crippen molar-refractivity contribution in [2.75, 3.05) is 11.9 Å². The Bertz CT molecular complexity index is 466. The SMILES string of the molecule is CC1CCN(C(=O)c2ccc(Br)c(Cl)c2)C1CBr. The lowest BCUT2D eigenvalue weighted by Gasteiger charge is -2.25. The van der Waals surface area contributed by atoms with Crippen LogP contribution in [0.4, 0.5) is 0 Å². The van der Waals surface area contributed by atoms with Crippen LogP contribution < -0.4 is 0 Å². The standard InChI is InChI=1S/C13H14Br2ClNO/c1-8-4-5-17(12(8)7-14)13(18)9-2-3-10(15)11(16)6-9/h2-3,6,8,12H,4-5,7H2,1H3. The van der Waals surface area contributed by atoms with Crippen molar-refractivity contribution in [3.8, 4) is 0 Å². The molecule has 1 heterocycles. The molecule has 2 rings (SSSR count). The summed E-state index contributed by atoms with van der Waals surface area (Å²) in [5.74, 6) is 0.609. The van der Waals surface area contributed by atoms with Crippen molar-refractivity contribution in [1.29, 1.82) is 0 Å². The zero-order chi connectivity index (χ0) is 13.3. The number of carbonyl (C=O) groups excluding carboxylic acids is 1. The number of amides is 1. The Morgan fingerprint density at radius 2 is 2.28 bits per heavy atom. The number of hydrogen-bond acceptors (Lipinski definition) is 1. The monoisotopic (exact) mass is 393 g/mol. The van der Waals surface area contributed by atoms with E-state index < -0.39 is 0 Å². The molecule has 0 aliphatic carbocycles. The van der Waals surface area contributed by atoms with E-state index >= 15 is 0 Å². The Kier molecular flexibility index (Phi) is 4.73.